The van der Waals surface area contributed by atoms with E-state index in [-0.39, 0.29) is 23.3 Å². The van der Waals surface area contributed by atoms with E-state index in [1.807, 2.05) is 32.0 Å². The molecule has 2 atom stereocenters. The fourth-order valence-corrected chi connectivity index (χ4v) is 5.96. The molecule has 0 bridgehead atoms. The quantitative estimate of drug-likeness (QED) is 0.734. The summed E-state index contributed by atoms with van der Waals surface area (Å²) < 4.78 is 34.0. The van der Waals surface area contributed by atoms with Gasteiger partial charge in [-0.1, -0.05) is 6.07 Å². The zero-order valence-corrected chi connectivity index (χ0v) is 19.4. The van der Waals surface area contributed by atoms with E-state index >= 15 is 0 Å². The number of hydrogen-bond donors (Lipinski definition) is 2. The molecule has 0 aromatic heterocycles. The van der Waals surface area contributed by atoms with Crippen LogP contribution in [0.4, 0.5) is 11.4 Å². The van der Waals surface area contributed by atoms with Crippen molar-refractivity contribution in [2.45, 2.75) is 57.6 Å². The van der Waals surface area contributed by atoms with Crippen LogP contribution in [0, 0.1) is 20.8 Å². The summed E-state index contributed by atoms with van der Waals surface area (Å²) in [5, 5.41) is 5.59. The molecule has 2 aromatic rings. The summed E-state index contributed by atoms with van der Waals surface area (Å²) in [4.78, 5) is 24.9. The number of rotatable bonds is 4. The lowest BCUT2D eigenvalue weighted by atomic mass is 10.1. The number of anilines is 2. The largest absolute Gasteiger partial charge is 0.479 e. The second-order valence-electron chi connectivity index (χ2n) is 8.43. The van der Waals surface area contributed by atoms with Crippen molar-refractivity contribution in [1.29, 1.82) is 0 Å². The Morgan fingerprint density at radius 1 is 1.12 bits per heavy atom. The van der Waals surface area contributed by atoms with Crippen LogP contribution in [-0.2, 0) is 19.6 Å². The van der Waals surface area contributed by atoms with Crippen molar-refractivity contribution in [3.63, 3.8) is 0 Å². The highest BCUT2D eigenvalue weighted by Gasteiger charge is 2.40. The van der Waals surface area contributed by atoms with E-state index < -0.39 is 22.2 Å². The van der Waals surface area contributed by atoms with Gasteiger partial charge in [-0.25, -0.2) is 8.42 Å². The molecule has 2 aromatic carbocycles. The van der Waals surface area contributed by atoms with Crippen molar-refractivity contribution < 1.29 is 22.7 Å². The number of carbonyl (C=O) groups is 2. The molecule has 2 aliphatic heterocycles. The van der Waals surface area contributed by atoms with Crippen molar-refractivity contribution in [2.75, 3.05) is 17.2 Å². The molecular formula is C23H27N3O5S. The van der Waals surface area contributed by atoms with Crippen LogP contribution < -0.4 is 15.4 Å². The molecular weight excluding hydrogens is 430 g/mol. The first kappa shape index (κ1) is 22.3. The number of carbonyl (C=O) groups excluding carboxylic acids is 2. The maximum Gasteiger partial charge on any atom is 0.265 e. The van der Waals surface area contributed by atoms with Gasteiger partial charge in [0.2, 0.25) is 15.9 Å². The highest BCUT2D eigenvalue weighted by Crippen LogP contribution is 2.37. The van der Waals surface area contributed by atoms with E-state index in [1.165, 1.54) is 10.4 Å². The summed E-state index contributed by atoms with van der Waals surface area (Å²) in [5.41, 5.74) is 3.72. The summed E-state index contributed by atoms with van der Waals surface area (Å²) in [6.45, 7) is 7.47. The molecule has 170 valence electrons. The van der Waals surface area contributed by atoms with Gasteiger partial charge in [-0.3, -0.25) is 9.59 Å². The van der Waals surface area contributed by atoms with Crippen LogP contribution in [0.1, 0.15) is 36.5 Å². The Balaban J connectivity index is 1.62. The van der Waals surface area contributed by atoms with E-state index in [1.54, 1.807) is 19.9 Å². The number of hydrogen-bond acceptors (Lipinski definition) is 5. The van der Waals surface area contributed by atoms with Crippen LogP contribution in [0.15, 0.2) is 35.2 Å². The first-order chi connectivity index (χ1) is 15.1. The number of ether oxygens (including phenoxy) is 1. The number of amides is 2. The van der Waals surface area contributed by atoms with Gasteiger partial charge in [-0.05, 0) is 75.4 Å². The lowest BCUT2D eigenvalue weighted by molar-refractivity contribution is -0.122. The number of sulfonamides is 1. The van der Waals surface area contributed by atoms with E-state index in [0.717, 1.165) is 11.1 Å². The fourth-order valence-electron chi connectivity index (χ4n) is 4.08. The Labute approximate surface area is 188 Å². The lowest BCUT2D eigenvalue weighted by Crippen LogP contribution is -2.43. The predicted octanol–water partition coefficient (Wildman–Crippen LogP) is 3.12. The molecule has 0 radical (unpaired) electrons. The molecule has 0 unspecified atom stereocenters. The molecule has 2 N–H and O–H groups in total. The first-order valence-electron chi connectivity index (χ1n) is 10.6. The van der Waals surface area contributed by atoms with Gasteiger partial charge >= 0.3 is 0 Å². The third kappa shape index (κ3) is 3.98. The summed E-state index contributed by atoms with van der Waals surface area (Å²) in [5.74, 6) is -0.325. The topological polar surface area (TPSA) is 105 Å². The lowest BCUT2D eigenvalue weighted by Gasteiger charge is -2.27. The highest BCUT2D eigenvalue weighted by molar-refractivity contribution is 7.89. The third-order valence-electron chi connectivity index (χ3n) is 6.08. The van der Waals surface area contributed by atoms with Crippen molar-refractivity contribution in [1.82, 2.24) is 4.31 Å². The van der Waals surface area contributed by atoms with E-state index in [4.69, 9.17) is 4.74 Å². The fraction of sp³-hybridized carbons (Fsp3) is 0.391. The molecule has 2 aliphatic rings. The molecule has 2 amide bonds. The second-order valence-corrected chi connectivity index (χ2v) is 10.3. The Bertz CT molecular complexity index is 1210. The van der Waals surface area contributed by atoms with Gasteiger partial charge < -0.3 is 15.4 Å². The molecule has 0 saturated carbocycles. The molecule has 4 rings (SSSR count). The molecule has 0 spiro atoms. The SMILES string of the molecule is Cc1ccc(NC(=O)[C@@H]2CCCN2S(=O)(=O)c2cc3c(cc2C)NC(=O)[C@H](C)O3)cc1C. The molecule has 1 saturated heterocycles. The standard InChI is InChI=1S/C23H27N3O5S/c1-13-7-8-17(10-14(13)2)24-23(28)19-6-5-9-26(19)32(29,30)21-12-20-18(11-15(21)3)25-22(27)16(4)31-20/h7-8,10-12,16,19H,5-6,9H2,1-4H3,(H,24,28)(H,25,27)/t16-,19-/m0/s1. The maximum atomic E-state index is 13.6. The molecule has 32 heavy (non-hydrogen) atoms. The van der Waals surface area contributed by atoms with Crippen LogP contribution in [0.2, 0.25) is 0 Å². The molecule has 9 heteroatoms. The van der Waals surface area contributed by atoms with Gasteiger partial charge in [0.25, 0.3) is 5.91 Å². The zero-order valence-electron chi connectivity index (χ0n) is 18.6. The van der Waals surface area contributed by atoms with Crippen LogP contribution >= 0.6 is 0 Å². The Kier molecular flexibility index (Phi) is 5.72. The van der Waals surface area contributed by atoms with Crippen LogP contribution in [0.3, 0.4) is 0 Å². The normalized spacial score (nSPS) is 20.9. The summed E-state index contributed by atoms with van der Waals surface area (Å²) in [7, 11) is -3.96. The van der Waals surface area contributed by atoms with Gasteiger partial charge in [0, 0.05) is 18.3 Å². The third-order valence-corrected chi connectivity index (χ3v) is 8.13. The van der Waals surface area contributed by atoms with Crippen molar-refractivity contribution in [3.05, 3.63) is 47.0 Å². The molecule has 8 nitrogen and oxygen atoms in total. The number of nitrogens with zero attached hydrogens (tertiary/aromatic N) is 1. The van der Waals surface area contributed by atoms with E-state index in [9.17, 15) is 18.0 Å². The van der Waals surface area contributed by atoms with Gasteiger partial charge in [0.05, 0.1) is 10.6 Å². The summed E-state index contributed by atoms with van der Waals surface area (Å²) in [6.07, 6.45) is 0.324. The van der Waals surface area contributed by atoms with Gasteiger partial charge in [0.15, 0.2) is 6.10 Å². The number of benzene rings is 2. The highest BCUT2D eigenvalue weighted by atomic mass is 32.2. The second kappa shape index (κ2) is 8.22. The Hall–Kier alpha value is -2.91. The van der Waals surface area contributed by atoms with Gasteiger partial charge in [-0.15, -0.1) is 0 Å². The molecule has 0 aliphatic carbocycles. The average molecular weight is 458 g/mol. The zero-order chi connectivity index (χ0) is 23.2. The summed E-state index contributed by atoms with van der Waals surface area (Å²) >= 11 is 0. The number of aryl methyl sites for hydroxylation is 3. The monoisotopic (exact) mass is 457 g/mol. The van der Waals surface area contributed by atoms with Crippen molar-refractivity contribution in [2.24, 2.45) is 0 Å². The van der Waals surface area contributed by atoms with Crippen LogP contribution in [0.25, 0.3) is 0 Å². The van der Waals surface area contributed by atoms with Gasteiger partial charge in [-0.2, -0.15) is 4.31 Å². The van der Waals surface area contributed by atoms with Crippen LogP contribution in [0.5, 0.6) is 5.75 Å². The van der Waals surface area contributed by atoms with Crippen LogP contribution in [-0.4, -0.2) is 43.2 Å². The smallest absolute Gasteiger partial charge is 0.265 e. The minimum absolute atomic E-state index is 0.0745. The van der Waals surface area contributed by atoms with E-state index in [2.05, 4.69) is 10.6 Å². The van der Waals surface area contributed by atoms with E-state index in [0.29, 0.717) is 35.5 Å². The Morgan fingerprint density at radius 3 is 2.59 bits per heavy atom. The average Bonchev–Trinajstić information content (AvgIpc) is 3.22. The van der Waals surface area contributed by atoms with Crippen molar-refractivity contribution >= 4 is 33.2 Å². The minimum atomic E-state index is -3.96. The number of nitrogens with one attached hydrogen (secondary N) is 2. The minimum Gasteiger partial charge on any atom is -0.479 e. The molecule has 2 heterocycles. The maximum absolute atomic E-state index is 13.6. The molecule has 1 fully saturated rings. The summed E-state index contributed by atoms with van der Waals surface area (Å²) in [6, 6.07) is 7.84. The number of fused-ring (bicyclic) bond motifs is 1. The van der Waals surface area contributed by atoms with Gasteiger partial charge in [0.1, 0.15) is 11.8 Å². The first-order valence-corrected chi connectivity index (χ1v) is 12.0. The predicted molar refractivity (Wildman–Crippen MR) is 121 cm³/mol. The van der Waals surface area contributed by atoms with Crippen molar-refractivity contribution in [3.8, 4) is 5.75 Å². The Morgan fingerprint density at radius 2 is 1.88 bits per heavy atom.